The van der Waals surface area contributed by atoms with Crippen LogP contribution < -0.4 is 31.7 Å². The van der Waals surface area contributed by atoms with Crippen LogP contribution in [0, 0.1) is 20.8 Å². The van der Waals surface area contributed by atoms with Crippen LogP contribution in [0.5, 0.6) is 0 Å². The summed E-state index contributed by atoms with van der Waals surface area (Å²) < 4.78 is 1.71. The van der Waals surface area contributed by atoms with E-state index in [-0.39, 0.29) is 34.8 Å². The van der Waals surface area contributed by atoms with Crippen molar-refractivity contribution in [2.45, 2.75) is 104 Å². The van der Waals surface area contributed by atoms with Crippen LogP contribution in [0.2, 0.25) is 0 Å². The quantitative estimate of drug-likeness (QED) is 0.0439. The predicted octanol–water partition coefficient (Wildman–Crippen LogP) is 7.96. The van der Waals surface area contributed by atoms with Gasteiger partial charge >= 0.3 is 0 Å². The second kappa shape index (κ2) is 21.6. The van der Waals surface area contributed by atoms with Crippen molar-refractivity contribution in [3.63, 3.8) is 0 Å². The number of pyridine rings is 2. The summed E-state index contributed by atoms with van der Waals surface area (Å²) >= 11 is 1.49. The van der Waals surface area contributed by atoms with E-state index < -0.39 is 0 Å². The number of benzene rings is 1. The molecule has 1 aromatic carbocycles. The summed E-state index contributed by atoms with van der Waals surface area (Å²) in [5.74, 6) is 0.610. The van der Waals surface area contributed by atoms with Crippen molar-refractivity contribution in [2.24, 2.45) is 0 Å². The van der Waals surface area contributed by atoms with Gasteiger partial charge in [0.15, 0.2) is 10.9 Å². The molecule has 334 valence electrons. The molecule has 7 rings (SSSR count). The number of anilines is 5. The maximum atomic E-state index is 13.6. The predicted molar refractivity (Wildman–Crippen MR) is 252 cm³/mol. The number of nitrogens with zero attached hydrogens (tertiary/aromatic N) is 7. The van der Waals surface area contributed by atoms with Crippen molar-refractivity contribution in [3.05, 3.63) is 86.4 Å². The summed E-state index contributed by atoms with van der Waals surface area (Å²) in [7, 11) is 0. The summed E-state index contributed by atoms with van der Waals surface area (Å²) in [6.07, 6.45) is 15.1. The lowest BCUT2D eigenvalue weighted by Crippen LogP contribution is -2.49. The number of hydrogen-bond donors (Lipinski definition) is 4. The Balaban J connectivity index is 0.756. The van der Waals surface area contributed by atoms with Crippen molar-refractivity contribution in [3.8, 4) is 0 Å². The van der Waals surface area contributed by atoms with Crippen LogP contribution in [0.15, 0.2) is 53.6 Å². The first kappa shape index (κ1) is 45.3. The Bertz CT molecular complexity index is 2420. The second-order valence-electron chi connectivity index (χ2n) is 16.8. The number of carbonyl (C=O) groups excluding carboxylic acids is 3. The number of para-hydroxylation sites is 1. The van der Waals surface area contributed by atoms with Crippen LogP contribution in [0.25, 0.3) is 11.0 Å². The van der Waals surface area contributed by atoms with Gasteiger partial charge in [-0.15, -0.1) is 11.3 Å². The molecule has 1 saturated carbocycles. The molecule has 0 spiro atoms. The van der Waals surface area contributed by atoms with Crippen LogP contribution in [0.1, 0.15) is 120 Å². The topological polar surface area (TPSA) is 179 Å². The number of ketones is 1. The lowest BCUT2D eigenvalue weighted by atomic mass is 10.0. The molecule has 0 unspecified atom stereocenters. The average Bonchev–Trinajstić information content (AvgIpc) is 3.92. The van der Waals surface area contributed by atoms with Crippen molar-refractivity contribution >= 4 is 68.2 Å². The number of carbonyl (C=O) groups is 3. The third kappa shape index (κ3) is 11.6. The molecule has 0 atom stereocenters. The third-order valence-corrected chi connectivity index (χ3v) is 13.2. The van der Waals surface area contributed by atoms with E-state index in [2.05, 4.69) is 46.0 Å². The Kier molecular flexibility index (Phi) is 15.5. The van der Waals surface area contributed by atoms with E-state index in [1.165, 1.54) is 31.1 Å². The molecule has 1 aliphatic carbocycles. The average molecular weight is 876 g/mol. The fourth-order valence-electron chi connectivity index (χ4n) is 8.60. The lowest BCUT2D eigenvalue weighted by molar-refractivity contribution is -0.122. The van der Waals surface area contributed by atoms with E-state index in [1.807, 2.05) is 56.4 Å². The minimum Gasteiger partial charge on any atom is -0.384 e. The maximum absolute atomic E-state index is 13.6. The zero-order chi connectivity index (χ0) is 44.3. The number of unbranched alkanes of at least 4 members (excludes halogenated alkanes) is 6. The summed E-state index contributed by atoms with van der Waals surface area (Å²) in [6.45, 7) is 12.3. The van der Waals surface area contributed by atoms with E-state index in [4.69, 9.17) is 4.98 Å². The summed E-state index contributed by atoms with van der Waals surface area (Å²) in [5.41, 5.74) is 4.50. The van der Waals surface area contributed by atoms with E-state index in [1.54, 1.807) is 17.7 Å². The van der Waals surface area contributed by atoms with Gasteiger partial charge in [0.1, 0.15) is 11.5 Å². The number of piperazine rings is 1. The Morgan fingerprint density at radius 3 is 2.22 bits per heavy atom. The lowest BCUT2D eigenvalue weighted by Gasteiger charge is -2.35. The molecule has 63 heavy (non-hydrogen) atoms. The van der Waals surface area contributed by atoms with Gasteiger partial charge in [-0.05, 0) is 83.2 Å². The molecule has 1 aliphatic heterocycles. The number of fused-ring (bicyclic) bond motifs is 1. The number of rotatable bonds is 20. The molecule has 5 aromatic rings. The molecular weight excluding hydrogens is 815 g/mol. The Morgan fingerprint density at radius 1 is 0.825 bits per heavy atom. The number of thiazole rings is 1. The fraction of sp³-hybridized carbons (Fsp3) is 0.489. The van der Waals surface area contributed by atoms with Crippen molar-refractivity contribution in [2.75, 3.05) is 66.7 Å². The highest BCUT2D eigenvalue weighted by Gasteiger charge is 2.26. The first-order valence-electron chi connectivity index (χ1n) is 22.5. The van der Waals surface area contributed by atoms with E-state index in [0.29, 0.717) is 52.1 Å². The molecule has 15 nitrogen and oxygen atoms in total. The molecule has 4 aromatic heterocycles. The van der Waals surface area contributed by atoms with Gasteiger partial charge in [0, 0.05) is 67.5 Å². The minimum atomic E-state index is -0.273. The van der Waals surface area contributed by atoms with Gasteiger partial charge in [-0.1, -0.05) is 57.1 Å². The SMILES string of the molecule is CC(=O)c1c(C)c2cnc(Nc3ccc(N4CCN(CC(=O)NCCCCCCCCCNc5ccccc5C(=O)Nc5nc(C)c(C)s5)CC4)cn3)nc2n(C2CCCC2)c1=O. The van der Waals surface area contributed by atoms with Crippen molar-refractivity contribution < 1.29 is 14.4 Å². The highest BCUT2D eigenvalue weighted by Crippen LogP contribution is 2.32. The minimum absolute atomic E-state index is 0.0104. The van der Waals surface area contributed by atoms with Gasteiger partial charge < -0.3 is 20.9 Å². The molecule has 4 N–H and O–H groups in total. The molecule has 2 fully saturated rings. The van der Waals surface area contributed by atoms with Crippen LogP contribution in [-0.4, -0.2) is 92.8 Å². The molecule has 2 aliphatic rings. The summed E-state index contributed by atoms with van der Waals surface area (Å²) in [6, 6.07) is 11.5. The van der Waals surface area contributed by atoms with Crippen LogP contribution >= 0.6 is 11.3 Å². The second-order valence-corrected chi connectivity index (χ2v) is 18.0. The number of Topliss-reactive ketones (excluding diaryl/α,β-unsaturated/α-hetero) is 1. The first-order chi connectivity index (χ1) is 30.5. The van der Waals surface area contributed by atoms with Crippen LogP contribution in [0.3, 0.4) is 0 Å². The smallest absolute Gasteiger partial charge is 0.263 e. The third-order valence-electron chi connectivity index (χ3n) is 12.3. The molecule has 0 bridgehead atoms. The molecular formula is C47H61N11O4S. The first-order valence-corrected chi connectivity index (χ1v) is 23.4. The van der Waals surface area contributed by atoms with Crippen molar-refractivity contribution in [1.82, 2.24) is 34.7 Å². The van der Waals surface area contributed by atoms with Gasteiger partial charge in [-0.3, -0.25) is 34.0 Å². The molecule has 16 heteroatoms. The Morgan fingerprint density at radius 2 is 1.54 bits per heavy atom. The zero-order valence-corrected chi connectivity index (χ0v) is 37.9. The highest BCUT2D eigenvalue weighted by molar-refractivity contribution is 7.15. The molecule has 1 saturated heterocycles. The molecule has 2 amide bonds. The standard InChI is InChI=1S/C47H61N11O4S/c1-31-38-29-51-46(54-43(38)58(35-16-10-11-17-35)45(62)42(31)33(3)59)53-40-21-20-36(28-50-40)57-26-24-56(25-27-57)30-41(60)49-23-15-9-7-5-6-8-14-22-48-39-19-13-12-18-37(39)44(61)55-47-52-32(2)34(4)63-47/h12-13,18-21,28-29,35,48H,5-11,14-17,22-27,30H2,1-4H3,(H,49,60)(H,52,55,61)(H,50,51,53,54). The van der Waals surface area contributed by atoms with E-state index in [0.717, 1.165) is 112 Å². The van der Waals surface area contributed by atoms with Gasteiger partial charge in [-0.25, -0.2) is 15.0 Å². The summed E-state index contributed by atoms with van der Waals surface area (Å²) in [4.78, 5) is 75.6. The Labute approximate surface area is 373 Å². The van der Waals surface area contributed by atoms with E-state index in [9.17, 15) is 19.2 Å². The zero-order valence-electron chi connectivity index (χ0n) is 37.1. The monoisotopic (exact) mass is 875 g/mol. The Hall–Kier alpha value is -5.74. The number of amides is 2. The van der Waals surface area contributed by atoms with Crippen LogP contribution in [0.4, 0.5) is 28.3 Å². The normalized spacial score (nSPS) is 14.6. The van der Waals surface area contributed by atoms with Gasteiger partial charge in [0.25, 0.3) is 11.5 Å². The number of hydrogen-bond acceptors (Lipinski definition) is 13. The van der Waals surface area contributed by atoms with E-state index >= 15 is 0 Å². The molecule has 5 heterocycles. The molecule has 0 radical (unpaired) electrons. The summed E-state index contributed by atoms with van der Waals surface area (Å²) in [5, 5.41) is 14.0. The van der Waals surface area contributed by atoms with Gasteiger partial charge in [0.2, 0.25) is 11.9 Å². The number of aryl methyl sites for hydroxylation is 3. The number of aromatic nitrogens is 5. The largest absolute Gasteiger partial charge is 0.384 e. The van der Waals surface area contributed by atoms with Gasteiger partial charge in [-0.2, -0.15) is 4.98 Å². The fourth-order valence-corrected chi connectivity index (χ4v) is 9.41. The van der Waals surface area contributed by atoms with Crippen molar-refractivity contribution in [1.29, 1.82) is 0 Å². The van der Waals surface area contributed by atoms with Crippen LogP contribution in [-0.2, 0) is 4.79 Å². The number of nitrogens with one attached hydrogen (secondary N) is 4. The maximum Gasteiger partial charge on any atom is 0.263 e. The van der Waals surface area contributed by atoms with Gasteiger partial charge in [0.05, 0.1) is 35.2 Å². The highest BCUT2D eigenvalue weighted by atomic mass is 32.1.